The van der Waals surface area contributed by atoms with Gasteiger partial charge in [0.2, 0.25) is 15.9 Å². The van der Waals surface area contributed by atoms with Crippen LogP contribution in [-0.4, -0.2) is 45.0 Å². The minimum absolute atomic E-state index is 0.0645. The van der Waals surface area contributed by atoms with Gasteiger partial charge in [0.25, 0.3) is 0 Å². The molecule has 0 aliphatic heterocycles. The zero-order valence-electron chi connectivity index (χ0n) is 13.2. The molecule has 0 saturated heterocycles. The van der Waals surface area contributed by atoms with E-state index in [1.54, 1.807) is 6.07 Å². The van der Waals surface area contributed by atoms with Crippen LogP contribution in [0.2, 0.25) is 5.02 Å². The molecule has 0 aliphatic rings. The lowest BCUT2D eigenvalue weighted by molar-refractivity contribution is -0.120. The monoisotopic (exact) mass is 358 g/mol. The van der Waals surface area contributed by atoms with Gasteiger partial charge in [0.1, 0.15) is 5.58 Å². The maximum absolute atomic E-state index is 12.0. The predicted octanol–water partition coefficient (Wildman–Crippen LogP) is 1.94. The molecule has 1 aromatic carbocycles. The molecule has 6 nitrogen and oxygen atoms in total. The number of hydrogen-bond donors (Lipinski definition) is 1. The van der Waals surface area contributed by atoms with Gasteiger partial charge in [0, 0.05) is 36.6 Å². The molecule has 1 heterocycles. The van der Waals surface area contributed by atoms with E-state index >= 15 is 0 Å². The summed E-state index contributed by atoms with van der Waals surface area (Å²) in [5, 5.41) is 4.00. The summed E-state index contributed by atoms with van der Waals surface area (Å²) >= 11 is 6.10. The molecule has 126 valence electrons. The van der Waals surface area contributed by atoms with E-state index in [9.17, 15) is 13.2 Å². The summed E-state index contributed by atoms with van der Waals surface area (Å²) in [5.74, 6) is -0.401. The lowest BCUT2D eigenvalue weighted by Crippen LogP contribution is -2.34. The second-order valence-corrected chi connectivity index (χ2v) is 8.19. The van der Waals surface area contributed by atoms with Gasteiger partial charge < -0.3 is 9.73 Å². The molecule has 2 aromatic rings. The SMILES string of the molecule is Cc1cc2occ(CC(=O)NCCS(=O)(=O)N(C)C)c2cc1Cl. The van der Waals surface area contributed by atoms with Gasteiger partial charge in [-0.1, -0.05) is 11.6 Å². The maximum atomic E-state index is 12.0. The van der Waals surface area contributed by atoms with Gasteiger partial charge in [-0.25, -0.2) is 12.7 Å². The Kier molecular flexibility index (Phi) is 5.33. The van der Waals surface area contributed by atoms with Gasteiger partial charge in [-0.3, -0.25) is 4.79 Å². The highest BCUT2D eigenvalue weighted by Crippen LogP contribution is 2.27. The molecule has 2 rings (SSSR count). The second kappa shape index (κ2) is 6.90. The minimum Gasteiger partial charge on any atom is -0.464 e. The van der Waals surface area contributed by atoms with Crippen molar-refractivity contribution in [3.05, 3.63) is 34.5 Å². The van der Waals surface area contributed by atoms with Crippen LogP contribution in [0.3, 0.4) is 0 Å². The molecule has 23 heavy (non-hydrogen) atoms. The lowest BCUT2D eigenvalue weighted by Gasteiger charge is -2.11. The Morgan fingerprint density at radius 1 is 1.35 bits per heavy atom. The number of benzene rings is 1. The van der Waals surface area contributed by atoms with E-state index in [-0.39, 0.29) is 24.6 Å². The largest absolute Gasteiger partial charge is 0.464 e. The standard InChI is InChI=1S/C15H19ClN2O4S/c1-10-6-14-12(8-13(10)16)11(9-22-14)7-15(19)17-4-5-23(20,21)18(2)3/h6,8-9H,4-5,7H2,1-3H3,(H,17,19). The Balaban J connectivity index is 2.00. The lowest BCUT2D eigenvalue weighted by atomic mass is 10.1. The van der Waals surface area contributed by atoms with Crippen molar-refractivity contribution in [2.24, 2.45) is 0 Å². The van der Waals surface area contributed by atoms with E-state index in [1.165, 1.54) is 20.4 Å². The van der Waals surface area contributed by atoms with Crippen LogP contribution in [0.15, 0.2) is 22.8 Å². The number of amides is 1. The summed E-state index contributed by atoms with van der Waals surface area (Å²) in [7, 11) is -0.401. The van der Waals surface area contributed by atoms with Crippen molar-refractivity contribution in [3.8, 4) is 0 Å². The summed E-state index contributed by atoms with van der Waals surface area (Å²) in [6.07, 6.45) is 1.63. The fraction of sp³-hybridized carbons (Fsp3) is 0.400. The van der Waals surface area contributed by atoms with Crippen LogP contribution in [0.4, 0.5) is 0 Å². The summed E-state index contributed by atoms with van der Waals surface area (Å²) < 4.78 is 29.8. The highest BCUT2D eigenvalue weighted by molar-refractivity contribution is 7.89. The molecule has 0 atom stereocenters. The van der Waals surface area contributed by atoms with Crippen molar-refractivity contribution >= 4 is 38.5 Å². The number of furan rings is 1. The smallest absolute Gasteiger partial charge is 0.224 e. The van der Waals surface area contributed by atoms with Crippen LogP contribution < -0.4 is 5.32 Å². The van der Waals surface area contributed by atoms with E-state index < -0.39 is 10.0 Å². The number of hydrogen-bond acceptors (Lipinski definition) is 4. The van der Waals surface area contributed by atoms with Crippen LogP contribution >= 0.6 is 11.6 Å². The first-order valence-corrected chi connectivity index (χ1v) is 9.02. The van der Waals surface area contributed by atoms with Crippen LogP contribution in [0.5, 0.6) is 0 Å². The molecular weight excluding hydrogens is 340 g/mol. The highest BCUT2D eigenvalue weighted by atomic mass is 35.5. The predicted molar refractivity (Wildman–Crippen MR) is 90.1 cm³/mol. The number of carbonyl (C=O) groups excluding carboxylic acids is 1. The van der Waals surface area contributed by atoms with Gasteiger partial charge in [-0.05, 0) is 24.6 Å². The molecular formula is C15H19ClN2O4S. The molecule has 0 saturated carbocycles. The number of aryl methyl sites for hydroxylation is 1. The first-order valence-electron chi connectivity index (χ1n) is 7.04. The first-order chi connectivity index (χ1) is 10.7. The molecule has 0 fully saturated rings. The zero-order chi connectivity index (χ0) is 17.2. The van der Waals surface area contributed by atoms with Crippen molar-refractivity contribution in [2.45, 2.75) is 13.3 Å². The van der Waals surface area contributed by atoms with E-state index in [4.69, 9.17) is 16.0 Å². The fourth-order valence-corrected chi connectivity index (χ4v) is 2.96. The molecule has 0 aliphatic carbocycles. The highest BCUT2D eigenvalue weighted by Gasteiger charge is 2.15. The van der Waals surface area contributed by atoms with E-state index in [2.05, 4.69) is 5.32 Å². The molecule has 1 N–H and O–H groups in total. The maximum Gasteiger partial charge on any atom is 0.224 e. The van der Waals surface area contributed by atoms with Gasteiger partial charge >= 0.3 is 0 Å². The van der Waals surface area contributed by atoms with E-state index in [0.717, 1.165) is 20.8 Å². The normalized spacial score (nSPS) is 12.0. The summed E-state index contributed by atoms with van der Waals surface area (Å²) in [5.41, 5.74) is 2.29. The van der Waals surface area contributed by atoms with Crippen LogP contribution in [0, 0.1) is 6.92 Å². The number of carbonyl (C=O) groups is 1. The number of nitrogens with one attached hydrogen (secondary N) is 1. The average molecular weight is 359 g/mol. The number of halogens is 1. The van der Waals surface area contributed by atoms with Gasteiger partial charge in [0.05, 0.1) is 18.4 Å². The first kappa shape index (κ1) is 17.8. The van der Waals surface area contributed by atoms with Crippen molar-refractivity contribution < 1.29 is 17.6 Å². The third kappa shape index (κ3) is 4.25. The van der Waals surface area contributed by atoms with E-state index in [1.807, 2.05) is 13.0 Å². The molecule has 0 bridgehead atoms. The minimum atomic E-state index is -3.32. The topological polar surface area (TPSA) is 79.6 Å². The molecule has 1 amide bonds. The van der Waals surface area contributed by atoms with Gasteiger partial charge in [0.15, 0.2) is 0 Å². The Hall–Kier alpha value is -1.57. The zero-order valence-corrected chi connectivity index (χ0v) is 14.8. The van der Waals surface area contributed by atoms with Crippen LogP contribution in [0.25, 0.3) is 11.0 Å². The Morgan fingerprint density at radius 2 is 2.04 bits per heavy atom. The Bertz CT molecular complexity index is 827. The number of fused-ring (bicyclic) bond motifs is 1. The quantitative estimate of drug-likeness (QED) is 0.855. The fourth-order valence-electron chi connectivity index (χ4n) is 2.08. The van der Waals surface area contributed by atoms with E-state index in [0.29, 0.717) is 10.6 Å². The van der Waals surface area contributed by atoms with Gasteiger partial charge in [-0.15, -0.1) is 0 Å². The summed E-state index contributed by atoms with van der Waals surface area (Å²) in [4.78, 5) is 12.0. The van der Waals surface area contributed by atoms with Crippen molar-refractivity contribution in [2.75, 3.05) is 26.4 Å². The van der Waals surface area contributed by atoms with Crippen molar-refractivity contribution in [3.63, 3.8) is 0 Å². The van der Waals surface area contributed by atoms with Crippen molar-refractivity contribution in [1.29, 1.82) is 0 Å². The second-order valence-electron chi connectivity index (χ2n) is 5.48. The average Bonchev–Trinajstić information content (AvgIpc) is 2.81. The Labute approximate surface area is 140 Å². The van der Waals surface area contributed by atoms with Crippen LogP contribution in [-0.2, 0) is 21.2 Å². The third-order valence-electron chi connectivity index (χ3n) is 3.52. The molecule has 0 unspecified atom stereocenters. The molecule has 1 aromatic heterocycles. The Morgan fingerprint density at radius 3 is 2.70 bits per heavy atom. The summed E-state index contributed by atoms with van der Waals surface area (Å²) in [6.45, 7) is 1.94. The molecule has 0 radical (unpaired) electrons. The van der Waals surface area contributed by atoms with Gasteiger partial charge in [-0.2, -0.15) is 0 Å². The number of nitrogens with zero attached hydrogens (tertiary/aromatic N) is 1. The van der Waals surface area contributed by atoms with Crippen molar-refractivity contribution in [1.82, 2.24) is 9.62 Å². The molecule has 8 heteroatoms. The number of rotatable bonds is 6. The third-order valence-corrected chi connectivity index (χ3v) is 5.76. The van der Waals surface area contributed by atoms with Crippen LogP contribution in [0.1, 0.15) is 11.1 Å². The number of sulfonamides is 1. The summed E-state index contributed by atoms with van der Waals surface area (Å²) in [6, 6.07) is 3.59. The molecule has 0 spiro atoms.